The van der Waals surface area contributed by atoms with Crippen molar-refractivity contribution in [3.8, 4) is 0 Å². The van der Waals surface area contributed by atoms with Gasteiger partial charge in [-0.1, -0.05) is 41.9 Å². The van der Waals surface area contributed by atoms with E-state index >= 15 is 0 Å². The van der Waals surface area contributed by atoms with Crippen LogP contribution in [0.25, 0.3) is 0 Å². The number of ketones is 1. The van der Waals surface area contributed by atoms with Gasteiger partial charge in [0, 0.05) is 10.0 Å². The topological polar surface area (TPSA) is 26.3 Å². The van der Waals surface area contributed by atoms with Gasteiger partial charge in [0.2, 0.25) is 0 Å². The van der Waals surface area contributed by atoms with Crippen molar-refractivity contribution in [2.24, 2.45) is 11.8 Å². The van der Waals surface area contributed by atoms with E-state index in [-0.39, 0.29) is 18.5 Å². The lowest BCUT2D eigenvalue weighted by Gasteiger charge is -2.31. The predicted molar refractivity (Wildman–Crippen MR) is 80.4 cm³/mol. The van der Waals surface area contributed by atoms with E-state index in [1.54, 1.807) is 0 Å². The molecule has 0 N–H and O–H groups in total. The van der Waals surface area contributed by atoms with Gasteiger partial charge in [-0.2, -0.15) is 0 Å². The van der Waals surface area contributed by atoms with Gasteiger partial charge in [-0.05, 0) is 43.2 Å². The Kier molecular flexibility index (Phi) is 5.17. The summed E-state index contributed by atoms with van der Waals surface area (Å²) >= 11 is 3.37. The van der Waals surface area contributed by atoms with Crippen LogP contribution in [0.2, 0.25) is 0 Å². The minimum Gasteiger partial charge on any atom is -0.370 e. The number of rotatable bonds is 4. The summed E-state index contributed by atoms with van der Waals surface area (Å²) in [6.07, 6.45) is 3.62. The Morgan fingerprint density at radius 2 is 1.89 bits per heavy atom. The van der Waals surface area contributed by atoms with Gasteiger partial charge >= 0.3 is 0 Å². The number of halogens is 1. The summed E-state index contributed by atoms with van der Waals surface area (Å²) in [5, 5.41) is 0. The van der Waals surface area contributed by atoms with E-state index in [2.05, 4.69) is 29.8 Å². The summed E-state index contributed by atoms with van der Waals surface area (Å²) in [6, 6.07) is 7.44. The summed E-state index contributed by atoms with van der Waals surface area (Å²) in [5.41, 5.74) is 0.723. The van der Waals surface area contributed by atoms with E-state index in [4.69, 9.17) is 4.74 Å². The average molecular weight is 325 g/mol. The molecule has 0 heterocycles. The minimum atomic E-state index is 0.0683. The van der Waals surface area contributed by atoms with Gasteiger partial charge in [-0.15, -0.1) is 0 Å². The monoisotopic (exact) mass is 324 g/mol. The molecule has 1 aliphatic carbocycles. The molecule has 1 aliphatic rings. The number of Topliss-reactive ketones (excluding diaryl/α,β-unsaturated/α-hetero) is 1. The smallest absolute Gasteiger partial charge is 0.188 e. The molecule has 1 aromatic carbocycles. The third-order valence-corrected chi connectivity index (χ3v) is 4.70. The van der Waals surface area contributed by atoms with Crippen molar-refractivity contribution in [2.75, 3.05) is 6.61 Å². The van der Waals surface area contributed by atoms with Gasteiger partial charge in [0.05, 0.1) is 6.10 Å². The Bertz CT molecular complexity index is 427. The van der Waals surface area contributed by atoms with Gasteiger partial charge in [0.1, 0.15) is 6.61 Å². The molecule has 1 saturated carbocycles. The molecular weight excluding hydrogens is 304 g/mol. The van der Waals surface area contributed by atoms with E-state index < -0.39 is 0 Å². The van der Waals surface area contributed by atoms with Crippen molar-refractivity contribution in [1.82, 2.24) is 0 Å². The fourth-order valence-electron chi connectivity index (χ4n) is 2.56. The molecule has 1 aromatic rings. The molecule has 2 rings (SSSR count). The highest BCUT2D eigenvalue weighted by molar-refractivity contribution is 9.10. The van der Waals surface area contributed by atoms with Crippen molar-refractivity contribution in [3.63, 3.8) is 0 Å². The second kappa shape index (κ2) is 6.67. The molecular formula is C16H21BrO2. The summed E-state index contributed by atoms with van der Waals surface area (Å²) < 4.78 is 6.77. The molecule has 0 aromatic heterocycles. The zero-order valence-electron chi connectivity index (χ0n) is 11.6. The van der Waals surface area contributed by atoms with E-state index in [0.717, 1.165) is 28.8 Å². The maximum absolute atomic E-state index is 12.0. The van der Waals surface area contributed by atoms with Crippen molar-refractivity contribution in [2.45, 2.75) is 39.2 Å². The summed E-state index contributed by atoms with van der Waals surface area (Å²) in [5.74, 6) is 1.54. The maximum Gasteiger partial charge on any atom is 0.188 e. The van der Waals surface area contributed by atoms with Gasteiger partial charge in [-0.25, -0.2) is 0 Å². The van der Waals surface area contributed by atoms with Gasteiger partial charge in [0.15, 0.2) is 5.78 Å². The van der Waals surface area contributed by atoms with Crippen molar-refractivity contribution >= 4 is 21.7 Å². The normalized spacial score (nSPS) is 27.2. The highest BCUT2D eigenvalue weighted by atomic mass is 79.9. The number of hydrogen-bond acceptors (Lipinski definition) is 2. The molecule has 0 radical (unpaired) electrons. The molecule has 3 atom stereocenters. The molecule has 3 heteroatoms. The van der Waals surface area contributed by atoms with Crippen LogP contribution in [0, 0.1) is 11.8 Å². The van der Waals surface area contributed by atoms with Crippen LogP contribution in [0.15, 0.2) is 28.7 Å². The summed E-state index contributed by atoms with van der Waals surface area (Å²) in [7, 11) is 0. The quantitative estimate of drug-likeness (QED) is 0.763. The molecule has 0 spiro atoms. The second-order valence-electron chi connectivity index (χ2n) is 5.63. The predicted octanol–water partition coefficient (Wildman–Crippen LogP) is 4.47. The first kappa shape index (κ1) is 14.7. The van der Waals surface area contributed by atoms with Gasteiger partial charge < -0.3 is 4.74 Å². The van der Waals surface area contributed by atoms with Gasteiger partial charge in [-0.3, -0.25) is 4.79 Å². The molecule has 0 bridgehead atoms. The zero-order chi connectivity index (χ0) is 13.8. The van der Waals surface area contributed by atoms with Crippen LogP contribution in [0.1, 0.15) is 43.5 Å². The van der Waals surface area contributed by atoms with E-state index in [1.807, 2.05) is 24.3 Å². The number of ether oxygens (including phenoxy) is 1. The molecule has 19 heavy (non-hydrogen) atoms. The van der Waals surface area contributed by atoms with Crippen LogP contribution in [0.3, 0.4) is 0 Å². The summed E-state index contributed by atoms with van der Waals surface area (Å²) in [4.78, 5) is 12.0. The standard InChI is InChI=1S/C16H21BrO2/c1-11-3-8-15(9-12(11)2)19-10-16(18)13-4-6-14(17)7-5-13/h4-7,11-12,15H,3,8-10H2,1-2H3. The fraction of sp³-hybridized carbons (Fsp3) is 0.562. The van der Waals surface area contributed by atoms with E-state index in [9.17, 15) is 4.79 Å². The van der Waals surface area contributed by atoms with Gasteiger partial charge in [0.25, 0.3) is 0 Å². The number of carbonyl (C=O) groups excluding carboxylic acids is 1. The van der Waals surface area contributed by atoms with Crippen LogP contribution in [-0.4, -0.2) is 18.5 Å². The average Bonchev–Trinajstić information content (AvgIpc) is 2.40. The minimum absolute atomic E-state index is 0.0683. The number of carbonyl (C=O) groups is 1. The van der Waals surface area contributed by atoms with Crippen molar-refractivity contribution in [1.29, 1.82) is 0 Å². The number of benzene rings is 1. The highest BCUT2D eigenvalue weighted by Crippen LogP contribution is 2.30. The van der Waals surface area contributed by atoms with Crippen LogP contribution in [0.4, 0.5) is 0 Å². The first-order valence-electron chi connectivity index (χ1n) is 6.96. The number of hydrogen-bond donors (Lipinski definition) is 0. The van der Waals surface area contributed by atoms with E-state index in [0.29, 0.717) is 5.92 Å². The molecule has 3 unspecified atom stereocenters. The molecule has 1 fully saturated rings. The first-order valence-corrected chi connectivity index (χ1v) is 7.76. The molecule has 104 valence electrons. The largest absolute Gasteiger partial charge is 0.370 e. The lowest BCUT2D eigenvalue weighted by atomic mass is 9.80. The Labute approximate surface area is 123 Å². The summed E-state index contributed by atoms with van der Waals surface area (Å²) in [6.45, 7) is 4.78. The SMILES string of the molecule is CC1CCC(OCC(=O)c2ccc(Br)cc2)CC1C. The third kappa shape index (κ3) is 4.15. The third-order valence-electron chi connectivity index (χ3n) is 4.17. The Morgan fingerprint density at radius 1 is 1.21 bits per heavy atom. The highest BCUT2D eigenvalue weighted by Gasteiger charge is 2.25. The van der Waals surface area contributed by atoms with Crippen molar-refractivity contribution < 1.29 is 9.53 Å². The Hall–Kier alpha value is -0.670. The van der Waals surface area contributed by atoms with Crippen LogP contribution in [-0.2, 0) is 4.74 Å². The zero-order valence-corrected chi connectivity index (χ0v) is 13.2. The fourth-order valence-corrected chi connectivity index (χ4v) is 2.83. The molecule has 0 saturated heterocycles. The first-order chi connectivity index (χ1) is 9.06. The van der Waals surface area contributed by atoms with Crippen LogP contribution in [0.5, 0.6) is 0 Å². The lowest BCUT2D eigenvalue weighted by molar-refractivity contribution is 0.00708. The lowest BCUT2D eigenvalue weighted by Crippen LogP contribution is -2.28. The Balaban J connectivity index is 1.82. The Morgan fingerprint density at radius 3 is 2.53 bits per heavy atom. The van der Waals surface area contributed by atoms with E-state index in [1.165, 1.54) is 6.42 Å². The maximum atomic E-state index is 12.0. The molecule has 0 amide bonds. The second-order valence-corrected chi connectivity index (χ2v) is 6.55. The molecule has 2 nitrogen and oxygen atoms in total. The van der Waals surface area contributed by atoms with Crippen molar-refractivity contribution in [3.05, 3.63) is 34.3 Å². The molecule has 0 aliphatic heterocycles. The van der Waals surface area contributed by atoms with Crippen LogP contribution >= 0.6 is 15.9 Å². The van der Waals surface area contributed by atoms with Crippen LogP contribution < -0.4 is 0 Å².